The average Bonchev–Trinajstić information content (AvgIpc) is 3.14. The van der Waals surface area contributed by atoms with Crippen LogP contribution in [0.3, 0.4) is 0 Å². The molecule has 1 aliphatic rings. The lowest BCUT2D eigenvalue weighted by atomic mass is 9.98. The van der Waals surface area contributed by atoms with E-state index in [4.69, 9.17) is 4.74 Å². The highest BCUT2D eigenvalue weighted by atomic mass is 127. The SMILES string of the molecule is CN=C(NCCC(C)c1ccc(OC)cc1)NC1CCN(C(=O)C(C)C)C1.I. The second-order valence-corrected chi connectivity index (χ2v) is 7.53. The summed E-state index contributed by atoms with van der Waals surface area (Å²) < 4.78 is 5.21. The monoisotopic (exact) mass is 502 g/mol. The normalized spacial score (nSPS) is 17.9. The molecule has 2 N–H and O–H groups in total. The minimum absolute atomic E-state index is 0. The number of nitrogens with zero attached hydrogens (tertiary/aromatic N) is 2. The molecule has 1 aromatic rings. The zero-order valence-electron chi connectivity index (χ0n) is 17.7. The summed E-state index contributed by atoms with van der Waals surface area (Å²) in [7, 11) is 3.47. The zero-order chi connectivity index (χ0) is 19.8. The first-order valence-electron chi connectivity index (χ1n) is 9.84. The van der Waals surface area contributed by atoms with Gasteiger partial charge in [-0.1, -0.05) is 32.9 Å². The molecule has 0 aliphatic carbocycles. The van der Waals surface area contributed by atoms with Crippen molar-refractivity contribution in [2.75, 3.05) is 33.8 Å². The molecular weight excluding hydrogens is 467 g/mol. The summed E-state index contributed by atoms with van der Waals surface area (Å²) in [5.74, 6) is 2.43. The second kappa shape index (κ2) is 12.1. The first-order valence-corrected chi connectivity index (χ1v) is 9.84. The third-order valence-corrected chi connectivity index (χ3v) is 5.11. The van der Waals surface area contributed by atoms with Gasteiger partial charge in [0.15, 0.2) is 5.96 Å². The van der Waals surface area contributed by atoms with Crippen molar-refractivity contribution in [2.45, 2.75) is 45.6 Å². The van der Waals surface area contributed by atoms with E-state index in [2.05, 4.69) is 34.7 Å². The van der Waals surface area contributed by atoms with Crippen molar-refractivity contribution in [2.24, 2.45) is 10.9 Å². The molecule has 28 heavy (non-hydrogen) atoms. The van der Waals surface area contributed by atoms with Crippen LogP contribution in [-0.4, -0.2) is 56.6 Å². The Morgan fingerprint density at radius 2 is 1.96 bits per heavy atom. The molecule has 6 nitrogen and oxygen atoms in total. The molecule has 0 saturated carbocycles. The maximum absolute atomic E-state index is 12.1. The van der Waals surface area contributed by atoms with Gasteiger partial charge < -0.3 is 20.3 Å². The zero-order valence-corrected chi connectivity index (χ0v) is 20.0. The minimum atomic E-state index is 0. The molecule has 1 saturated heterocycles. The van der Waals surface area contributed by atoms with Crippen molar-refractivity contribution in [1.29, 1.82) is 0 Å². The number of amides is 1. The van der Waals surface area contributed by atoms with Gasteiger partial charge in [-0.3, -0.25) is 9.79 Å². The Balaban J connectivity index is 0.00000392. The van der Waals surface area contributed by atoms with Gasteiger partial charge in [0.1, 0.15) is 5.75 Å². The van der Waals surface area contributed by atoms with Crippen LogP contribution in [0, 0.1) is 5.92 Å². The van der Waals surface area contributed by atoms with Crippen LogP contribution in [-0.2, 0) is 4.79 Å². The number of carbonyl (C=O) groups excluding carboxylic acids is 1. The number of likely N-dealkylation sites (tertiary alicyclic amines) is 1. The van der Waals surface area contributed by atoms with E-state index in [9.17, 15) is 4.79 Å². The van der Waals surface area contributed by atoms with E-state index < -0.39 is 0 Å². The summed E-state index contributed by atoms with van der Waals surface area (Å²) in [6.45, 7) is 8.54. The van der Waals surface area contributed by atoms with Crippen molar-refractivity contribution in [3.63, 3.8) is 0 Å². The summed E-state index contributed by atoms with van der Waals surface area (Å²) >= 11 is 0. The van der Waals surface area contributed by atoms with E-state index >= 15 is 0 Å². The predicted octanol–water partition coefficient (Wildman–Crippen LogP) is 3.23. The maximum atomic E-state index is 12.1. The van der Waals surface area contributed by atoms with Gasteiger partial charge in [-0.05, 0) is 36.5 Å². The summed E-state index contributed by atoms with van der Waals surface area (Å²) in [6, 6.07) is 8.51. The Bertz CT molecular complexity index is 634. The van der Waals surface area contributed by atoms with Crippen molar-refractivity contribution in [1.82, 2.24) is 15.5 Å². The number of aliphatic imine (C=N–C) groups is 1. The van der Waals surface area contributed by atoms with E-state index in [0.717, 1.165) is 44.2 Å². The highest BCUT2D eigenvalue weighted by molar-refractivity contribution is 14.0. The van der Waals surface area contributed by atoms with Gasteiger partial charge in [0.2, 0.25) is 5.91 Å². The number of rotatable bonds is 7. The topological polar surface area (TPSA) is 66.0 Å². The number of methoxy groups -OCH3 is 1. The lowest BCUT2D eigenvalue weighted by Crippen LogP contribution is -2.45. The van der Waals surface area contributed by atoms with E-state index in [0.29, 0.717) is 5.92 Å². The van der Waals surface area contributed by atoms with Gasteiger partial charge in [0.05, 0.1) is 7.11 Å². The van der Waals surface area contributed by atoms with Gasteiger partial charge in [-0.15, -0.1) is 24.0 Å². The first kappa shape index (κ1) is 24.5. The molecule has 1 fully saturated rings. The largest absolute Gasteiger partial charge is 0.497 e. The van der Waals surface area contributed by atoms with Crippen LogP contribution in [0.5, 0.6) is 5.75 Å². The highest BCUT2D eigenvalue weighted by Crippen LogP contribution is 2.21. The molecule has 0 spiro atoms. The molecule has 2 unspecified atom stereocenters. The average molecular weight is 502 g/mol. The van der Waals surface area contributed by atoms with Crippen LogP contribution in [0.15, 0.2) is 29.3 Å². The van der Waals surface area contributed by atoms with Gasteiger partial charge in [-0.2, -0.15) is 0 Å². The molecular formula is C21H35IN4O2. The van der Waals surface area contributed by atoms with E-state index in [-0.39, 0.29) is 41.8 Å². The van der Waals surface area contributed by atoms with E-state index in [1.165, 1.54) is 5.56 Å². The molecule has 2 atom stereocenters. The fourth-order valence-electron chi connectivity index (χ4n) is 3.34. The Hall–Kier alpha value is -1.51. The Morgan fingerprint density at radius 1 is 1.29 bits per heavy atom. The lowest BCUT2D eigenvalue weighted by Gasteiger charge is -2.21. The Kier molecular flexibility index (Phi) is 10.6. The summed E-state index contributed by atoms with van der Waals surface area (Å²) in [5, 5.41) is 6.84. The third kappa shape index (κ3) is 7.14. The predicted molar refractivity (Wildman–Crippen MR) is 126 cm³/mol. The van der Waals surface area contributed by atoms with Crippen molar-refractivity contribution in [3.05, 3.63) is 29.8 Å². The standard InChI is InChI=1S/C21H34N4O2.HI/c1-15(2)20(26)25-13-11-18(14-25)24-21(22-4)23-12-10-16(3)17-6-8-19(27-5)9-7-17;/h6-9,15-16,18H,10-14H2,1-5H3,(H2,22,23,24);1H. The highest BCUT2D eigenvalue weighted by Gasteiger charge is 2.27. The number of benzene rings is 1. The van der Waals surface area contributed by atoms with Gasteiger partial charge in [0, 0.05) is 38.6 Å². The van der Waals surface area contributed by atoms with Crippen LogP contribution in [0.1, 0.15) is 45.1 Å². The van der Waals surface area contributed by atoms with Gasteiger partial charge in [-0.25, -0.2) is 0 Å². The number of carbonyl (C=O) groups is 1. The van der Waals surface area contributed by atoms with Gasteiger partial charge in [0.25, 0.3) is 0 Å². The lowest BCUT2D eigenvalue weighted by molar-refractivity contribution is -0.133. The third-order valence-electron chi connectivity index (χ3n) is 5.11. The van der Waals surface area contributed by atoms with Crippen LogP contribution in [0.2, 0.25) is 0 Å². The van der Waals surface area contributed by atoms with Gasteiger partial charge >= 0.3 is 0 Å². The summed E-state index contributed by atoms with van der Waals surface area (Å²) in [5.41, 5.74) is 1.30. The van der Waals surface area contributed by atoms with Crippen LogP contribution in [0.25, 0.3) is 0 Å². The maximum Gasteiger partial charge on any atom is 0.225 e. The number of hydrogen-bond acceptors (Lipinski definition) is 3. The molecule has 0 aromatic heterocycles. The molecule has 2 rings (SSSR count). The molecule has 1 amide bonds. The summed E-state index contributed by atoms with van der Waals surface area (Å²) in [6.07, 6.45) is 1.97. The number of ether oxygens (including phenoxy) is 1. The van der Waals surface area contributed by atoms with Crippen molar-refractivity contribution < 1.29 is 9.53 Å². The number of guanidine groups is 1. The number of hydrogen-bond donors (Lipinski definition) is 2. The number of nitrogens with one attached hydrogen (secondary N) is 2. The van der Waals surface area contributed by atoms with E-state index in [1.54, 1.807) is 14.2 Å². The van der Waals surface area contributed by atoms with Crippen LogP contribution >= 0.6 is 24.0 Å². The first-order chi connectivity index (χ1) is 12.9. The van der Waals surface area contributed by atoms with Crippen molar-refractivity contribution in [3.8, 4) is 5.75 Å². The fraction of sp³-hybridized carbons (Fsp3) is 0.619. The molecule has 0 radical (unpaired) electrons. The summed E-state index contributed by atoms with van der Waals surface area (Å²) in [4.78, 5) is 18.4. The van der Waals surface area contributed by atoms with Crippen LogP contribution in [0.4, 0.5) is 0 Å². The molecule has 158 valence electrons. The van der Waals surface area contributed by atoms with Crippen LogP contribution < -0.4 is 15.4 Å². The second-order valence-electron chi connectivity index (χ2n) is 7.53. The quantitative estimate of drug-likeness (QED) is 0.342. The smallest absolute Gasteiger partial charge is 0.225 e. The minimum Gasteiger partial charge on any atom is -0.497 e. The van der Waals surface area contributed by atoms with Crippen molar-refractivity contribution >= 4 is 35.8 Å². The molecule has 1 heterocycles. The Labute approximate surface area is 186 Å². The molecule has 1 aromatic carbocycles. The molecule has 7 heteroatoms. The number of halogens is 1. The molecule has 0 bridgehead atoms. The molecule has 1 aliphatic heterocycles. The van der Waals surface area contributed by atoms with E-state index in [1.807, 2.05) is 30.9 Å². The Morgan fingerprint density at radius 3 is 2.54 bits per heavy atom. The fourth-order valence-corrected chi connectivity index (χ4v) is 3.34.